The van der Waals surface area contributed by atoms with Crippen LogP contribution in [0.15, 0.2) is 22.8 Å². The summed E-state index contributed by atoms with van der Waals surface area (Å²) in [4.78, 5) is 27.0. The highest BCUT2D eigenvalue weighted by molar-refractivity contribution is 9.10. The summed E-state index contributed by atoms with van der Waals surface area (Å²) in [5.74, 6) is -0.774. The van der Waals surface area contributed by atoms with Gasteiger partial charge >= 0.3 is 0 Å². The van der Waals surface area contributed by atoms with Gasteiger partial charge in [0.2, 0.25) is 11.8 Å². The molecule has 1 fully saturated rings. The predicted molar refractivity (Wildman–Crippen MR) is 61.6 cm³/mol. The van der Waals surface area contributed by atoms with Gasteiger partial charge < -0.3 is 0 Å². The average molecular weight is 283 g/mol. The van der Waals surface area contributed by atoms with Crippen LogP contribution in [-0.2, 0) is 9.59 Å². The summed E-state index contributed by atoms with van der Waals surface area (Å²) in [6, 6.07) is 3.71. The van der Waals surface area contributed by atoms with E-state index in [1.54, 1.807) is 6.20 Å². The number of piperidine rings is 1. The first-order chi connectivity index (χ1) is 7.58. The van der Waals surface area contributed by atoms with E-state index in [9.17, 15) is 9.59 Å². The molecule has 4 nitrogen and oxygen atoms in total. The standard InChI is InChI=1S/C11H11BrN2O2/c1-6-8(4-10(15)14-11(6)16)9-3-2-7(12)5-13-9/h2-3,5-6,8H,4H2,1H3,(H,14,15,16). The highest BCUT2D eigenvalue weighted by Crippen LogP contribution is 2.30. The molecule has 2 unspecified atom stereocenters. The Labute approximate surface area is 102 Å². The van der Waals surface area contributed by atoms with Gasteiger partial charge in [-0.15, -0.1) is 0 Å². The van der Waals surface area contributed by atoms with Crippen LogP contribution < -0.4 is 5.32 Å². The average Bonchev–Trinajstić information content (AvgIpc) is 2.25. The first kappa shape index (κ1) is 11.3. The summed E-state index contributed by atoms with van der Waals surface area (Å²) < 4.78 is 0.885. The summed E-state index contributed by atoms with van der Waals surface area (Å²) >= 11 is 3.30. The van der Waals surface area contributed by atoms with Crippen molar-refractivity contribution in [3.63, 3.8) is 0 Å². The van der Waals surface area contributed by atoms with Gasteiger partial charge in [0.25, 0.3) is 0 Å². The number of hydrogen-bond donors (Lipinski definition) is 1. The van der Waals surface area contributed by atoms with Crippen molar-refractivity contribution in [2.45, 2.75) is 19.3 Å². The second-order valence-electron chi connectivity index (χ2n) is 3.91. The minimum atomic E-state index is -0.224. The molecule has 0 bridgehead atoms. The molecule has 1 aromatic rings. The number of pyridine rings is 1. The van der Waals surface area contributed by atoms with E-state index in [1.165, 1.54) is 0 Å². The van der Waals surface area contributed by atoms with Crippen molar-refractivity contribution in [1.29, 1.82) is 0 Å². The van der Waals surface area contributed by atoms with E-state index in [0.29, 0.717) is 6.42 Å². The molecule has 1 saturated heterocycles. The third kappa shape index (κ3) is 2.14. The fraction of sp³-hybridized carbons (Fsp3) is 0.364. The van der Waals surface area contributed by atoms with E-state index in [4.69, 9.17) is 0 Å². The number of imide groups is 1. The van der Waals surface area contributed by atoms with Crippen LogP contribution in [0.25, 0.3) is 0 Å². The Morgan fingerprint density at radius 1 is 1.44 bits per heavy atom. The number of halogens is 1. The molecule has 1 aliphatic rings. The molecule has 0 aromatic carbocycles. The zero-order valence-electron chi connectivity index (χ0n) is 8.74. The Morgan fingerprint density at radius 2 is 2.19 bits per heavy atom. The van der Waals surface area contributed by atoms with Crippen molar-refractivity contribution in [1.82, 2.24) is 10.3 Å². The van der Waals surface area contributed by atoms with E-state index in [0.717, 1.165) is 10.2 Å². The van der Waals surface area contributed by atoms with Gasteiger partial charge in [0, 0.05) is 34.6 Å². The molecule has 1 aromatic heterocycles. The molecule has 84 valence electrons. The fourth-order valence-electron chi connectivity index (χ4n) is 1.83. The van der Waals surface area contributed by atoms with Gasteiger partial charge in [-0.1, -0.05) is 6.92 Å². The number of carbonyl (C=O) groups excluding carboxylic acids is 2. The molecule has 0 aliphatic carbocycles. The van der Waals surface area contributed by atoms with E-state index < -0.39 is 0 Å². The largest absolute Gasteiger partial charge is 0.296 e. The molecule has 16 heavy (non-hydrogen) atoms. The minimum absolute atomic E-state index is 0.116. The van der Waals surface area contributed by atoms with Gasteiger partial charge in [-0.3, -0.25) is 19.9 Å². The number of carbonyl (C=O) groups is 2. The maximum absolute atomic E-state index is 11.5. The smallest absolute Gasteiger partial charge is 0.230 e. The zero-order valence-corrected chi connectivity index (χ0v) is 10.3. The third-order valence-corrected chi connectivity index (χ3v) is 3.28. The lowest BCUT2D eigenvalue weighted by Crippen LogP contribution is -2.43. The molecule has 1 N–H and O–H groups in total. The maximum atomic E-state index is 11.5. The number of nitrogens with zero attached hydrogens (tertiary/aromatic N) is 1. The number of amides is 2. The number of hydrogen-bond acceptors (Lipinski definition) is 3. The van der Waals surface area contributed by atoms with Crippen molar-refractivity contribution in [3.05, 3.63) is 28.5 Å². The second kappa shape index (κ2) is 4.33. The fourth-order valence-corrected chi connectivity index (χ4v) is 2.06. The lowest BCUT2D eigenvalue weighted by Gasteiger charge is -2.26. The lowest BCUT2D eigenvalue weighted by atomic mass is 9.84. The molecule has 2 rings (SSSR count). The Hall–Kier alpha value is -1.23. The van der Waals surface area contributed by atoms with Gasteiger partial charge in [-0.2, -0.15) is 0 Å². The highest BCUT2D eigenvalue weighted by Gasteiger charge is 2.34. The molecular formula is C11H11BrN2O2. The molecule has 0 radical (unpaired) electrons. The lowest BCUT2D eigenvalue weighted by molar-refractivity contribution is -0.136. The van der Waals surface area contributed by atoms with E-state index in [2.05, 4.69) is 26.2 Å². The van der Waals surface area contributed by atoms with Gasteiger partial charge in [-0.25, -0.2) is 0 Å². The molecular weight excluding hydrogens is 272 g/mol. The van der Waals surface area contributed by atoms with E-state index in [-0.39, 0.29) is 23.7 Å². The van der Waals surface area contributed by atoms with Gasteiger partial charge in [0.1, 0.15) is 0 Å². The Morgan fingerprint density at radius 3 is 2.81 bits per heavy atom. The van der Waals surface area contributed by atoms with Crippen molar-refractivity contribution < 1.29 is 9.59 Å². The molecule has 2 amide bonds. The van der Waals surface area contributed by atoms with Gasteiger partial charge in [0.15, 0.2) is 0 Å². The summed E-state index contributed by atoms with van der Waals surface area (Å²) in [5, 5.41) is 2.33. The molecule has 2 heterocycles. The predicted octanol–water partition coefficient (Wildman–Crippen LogP) is 1.61. The molecule has 0 saturated carbocycles. The SMILES string of the molecule is CC1C(=O)NC(=O)CC1c1ccc(Br)cn1. The minimum Gasteiger partial charge on any atom is -0.296 e. The second-order valence-corrected chi connectivity index (χ2v) is 4.83. The van der Waals surface area contributed by atoms with Crippen LogP contribution in [0.5, 0.6) is 0 Å². The number of nitrogens with one attached hydrogen (secondary N) is 1. The van der Waals surface area contributed by atoms with Crippen molar-refractivity contribution in [2.24, 2.45) is 5.92 Å². The summed E-state index contributed by atoms with van der Waals surface area (Å²) in [6.07, 6.45) is 2.00. The molecule has 0 spiro atoms. The number of aromatic nitrogens is 1. The summed E-state index contributed by atoms with van der Waals surface area (Å²) in [6.45, 7) is 1.82. The summed E-state index contributed by atoms with van der Waals surface area (Å²) in [7, 11) is 0. The Balaban J connectivity index is 2.28. The van der Waals surface area contributed by atoms with Crippen LogP contribution >= 0.6 is 15.9 Å². The van der Waals surface area contributed by atoms with Crippen molar-refractivity contribution in [3.8, 4) is 0 Å². The van der Waals surface area contributed by atoms with Crippen LogP contribution in [0.1, 0.15) is 25.0 Å². The van der Waals surface area contributed by atoms with Gasteiger partial charge in [0.05, 0.1) is 0 Å². The molecule has 5 heteroatoms. The number of rotatable bonds is 1. The normalized spacial score (nSPS) is 25.4. The van der Waals surface area contributed by atoms with Crippen molar-refractivity contribution in [2.75, 3.05) is 0 Å². The Kier molecular flexibility index (Phi) is 3.05. The van der Waals surface area contributed by atoms with Gasteiger partial charge in [-0.05, 0) is 28.1 Å². The van der Waals surface area contributed by atoms with Crippen LogP contribution in [-0.4, -0.2) is 16.8 Å². The van der Waals surface area contributed by atoms with Crippen LogP contribution in [0, 0.1) is 5.92 Å². The quantitative estimate of drug-likeness (QED) is 0.797. The van der Waals surface area contributed by atoms with E-state index in [1.807, 2.05) is 19.1 Å². The maximum Gasteiger partial charge on any atom is 0.230 e. The first-order valence-corrected chi connectivity index (χ1v) is 5.82. The van der Waals surface area contributed by atoms with Crippen LogP contribution in [0.2, 0.25) is 0 Å². The van der Waals surface area contributed by atoms with E-state index >= 15 is 0 Å². The topological polar surface area (TPSA) is 59.1 Å². The summed E-state index contributed by atoms with van der Waals surface area (Å²) in [5.41, 5.74) is 0.791. The van der Waals surface area contributed by atoms with Crippen LogP contribution in [0.4, 0.5) is 0 Å². The highest BCUT2D eigenvalue weighted by atomic mass is 79.9. The molecule has 1 aliphatic heterocycles. The van der Waals surface area contributed by atoms with Crippen LogP contribution in [0.3, 0.4) is 0 Å². The zero-order chi connectivity index (χ0) is 11.7. The first-order valence-electron chi connectivity index (χ1n) is 5.03. The molecule has 2 atom stereocenters. The third-order valence-electron chi connectivity index (χ3n) is 2.82. The monoisotopic (exact) mass is 282 g/mol. The Bertz CT molecular complexity index is 430. The van der Waals surface area contributed by atoms with Crippen molar-refractivity contribution >= 4 is 27.7 Å².